The zero-order valence-corrected chi connectivity index (χ0v) is 17.7. The minimum Gasteiger partial charge on any atom is -0.493 e. The molecule has 158 valence electrons. The van der Waals surface area contributed by atoms with E-state index in [0.29, 0.717) is 35.5 Å². The lowest BCUT2D eigenvalue weighted by Crippen LogP contribution is -2.15. The monoisotopic (exact) mass is 427 g/mol. The van der Waals surface area contributed by atoms with Crippen molar-refractivity contribution in [3.63, 3.8) is 0 Å². The number of rotatable bonds is 7. The Balaban J connectivity index is 1.43. The van der Waals surface area contributed by atoms with Crippen LogP contribution in [-0.2, 0) is 10.0 Å². The van der Waals surface area contributed by atoms with E-state index in [2.05, 4.69) is 20.2 Å². The van der Waals surface area contributed by atoms with Crippen molar-refractivity contribution < 1.29 is 13.2 Å². The Bertz CT molecular complexity index is 1090. The van der Waals surface area contributed by atoms with E-state index in [-0.39, 0.29) is 4.90 Å². The van der Waals surface area contributed by atoms with Gasteiger partial charge in [-0.15, -0.1) is 5.10 Å². The molecule has 1 aliphatic carbocycles. The molecule has 4 rings (SSSR count). The van der Waals surface area contributed by atoms with Crippen LogP contribution in [0.2, 0.25) is 0 Å². The maximum atomic E-state index is 12.8. The molecule has 0 bridgehead atoms. The minimum atomic E-state index is -3.73. The number of sulfonamides is 1. The molecule has 8 nitrogen and oxygen atoms in total. The van der Waals surface area contributed by atoms with E-state index >= 15 is 0 Å². The number of hydrogen-bond acceptors (Lipinski definition) is 6. The smallest absolute Gasteiger partial charge is 0.261 e. The summed E-state index contributed by atoms with van der Waals surface area (Å²) in [7, 11) is -3.73. The first-order valence-electron chi connectivity index (χ1n) is 10.1. The Kier molecular flexibility index (Phi) is 5.98. The summed E-state index contributed by atoms with van der Waals surface area (Å²) < 4.78 is 35.6. The van der Waals surface area contributed by atoms with Crippen LogP contribution in [0.5, 0.6) is 5.75 Å². The maximum Gasteiger partial charge on any atom is 0.261 e. The lowest BCUT2D eigenvalue weighted by atomic mass is 9.90. The molecular weight excluding hydrogens is 402 g/mol. The van der Waals surface area contributed by atoms with E-state index < -0.39 is 10.0 Å². The van der Waals surface area contributed by atoms with Gasteiger partial charge in [0, 0.05) is 0 Å². The Hall–Kier alpha value is -2.94. The van der Waals surface area contributed by atoms with Crippen molar-refractivity contribution in [3.05, 3.63) is 54.4 Å². The molecule has 0 radical (unpaired) electrons. The molecule has 0 amide bonds. The van der Waals surface area contributed by atoms with Gasteiger partial charge in [0.25, 0.3) is 10.0 Å². The predicted molar refractivity (Wildman–Crippen MR) is 113 cm³/mol. The zero-order chi connectivity index (χ0) is 21.0. The second-order valence-corrected chi connectivity index (χ2v) is 9.26. The summed E-state index contributed by atoms with van der Waals surface area (Å²) in [4.78, 5) is 0.177. The van der Waals surface area contributed by atoms with E-state index in [1.807, 2.05) is 0 Å². The highest BCUT2D eigenvalue weighted by molar-refractivity contribution is 7.92. The quantitative estimate of drug-likeness (QED) is 0.617. The number of hydrogen-bond donors (Lipinski definition) is 1. The van der Waals surface area contributed by atoms with Gasteiger partial charge in [0.05, 0.1) is 22.9 Å². The molecular formula is C21H25N5O3S. The Labute approximate surface area is 176 Å². The van der Waals surface area contributed by atoms with Crippen molar-refractivity contribution in [1.82, 2.24) is 20.2 Å². The van der Waals surface area contributed by atoms with Crippen LogP contribution >= 0.6 is 0 Å². The molecule has 0 aliphatic heterocycles. The first-order valence-corrected chi connectivity index (χ1v) is 11.6. The Morgan fingerprint density at radius 1 is 1.10 bits per heavy atom. The van der Waals surface area contributed by atoms with Crippen molar-refractivity contribution in [3.8, 4) is 11.4 Å². The van der Waals surface area contributed by atoms with Crippen LogP contribution in [0.1, 0.15) is 37.9 Å². The second-order valence-electron chi connectivity index (χ2n) is 7.58. The summed E-state index contributed by atoms with van der Waals surface area (Å²) in [6.07, 6.45) is 6.27. The number of anilines is 1. The number of aromatic nitrogens is 4. The summed E-state index contributed by atoms with van der Waals surface area (Å²) in [6.45, 7) is 2.46. The summed E-state index contributed by atoms with van der Waals surface area (Å²) in [5.74, 6) is 1.90. The topological polar surface area (TPSA) is 99.0 Å². The highest BCUT2D eigenvalue weighted by Gasteiger charge is 2.17. The van der Waals surface area contributed by atoms with Crippen LogP contribution in [0.15, 0.2) is 53.4 Å². The van der Waals surface area contributed by atoms with Crippen molar-refractivity contribution in [1.29, 1.82) is 0 Å². The average Bonchev–Trinajstić information content (AvgIpc) is 3.19. The molecule has 9 heteroatoms. The summed E-state index contributed by atoms with van der Waals surface area (Å²) in [6, 6.07) is 13.5. The lowest BCUT2D eigenvalue weighted by Gasteiger charge is -2.21. The molecule has 0 atom stereocenters. The summed E-state index contributed by atoms with van der Waals surface area (Å²) in [5, 5.41) is 11.4. The predicted octanol–water partition coefficient (Wildman–Crippen LogP) is 3.73. The van der Waals surface area contributed by atoms with Crippen molar-refractivity contribution in [2.24, 2.45) is 5.92 Å². The third-order valence-electron chi connectivity index (χ3n) is 5.31. The molecule has 2 aromatic carbocycles. The zero-order valence-electron chi connectivity index (χ0n) is 16.9. The van der Waals surface area contributed by atoms with E-state index in [1.54, 1.807) is 55.5 Å². The van der Waals surface area contributed by atoms with Gasteiger partial charge in [-0.25, -0.2) is 8.42 Å². The van der Waals surface area contributed by atoms with Crippen LogP contribution in [0.25, 0.3) is 5.69 Å². The molecule has 3 aromatic rings. The van der Waals surface area contributed by atoms with Crippen molar-refractivity contribution in [2.75, 3.05) is 11.3 Å². The number of ether oxygens (including phenoxy) is 1. The largest absolute Gasteiger partial charge is 0.493 e. The van der Waals surface area contributed by atoms with Gasteiger partial charge < -0.3 is 4.74 Å². The standard InChI is InChI=1S/C21H25N5O3S/c1-16-22-24-25-26(16)19-9-5-8-18(14-19)23-30(27,28)21-12-10-20(11-13-21)29-15-17-6-3-2-4-7-17/h5,8-14,17,23H,2-4,6-7,15H2,1H3. The third kappa shape index (κ3) is 4.79. The van der Waals surface area contributed by atoms with Gasteiger partial charge in [0.1, 0.15) is 5.75 Å². The van der Waals surface area contributed by atoms with Gasteiger partial charge in [0.15, 0.2) is 5.82 Å². The molecule has 1 heterocycles. The number of nitrogens with one attached hydrogen (secondary N) is 1. The number of benzene rings is 2. The SMILES string of the molecule is Cc1nnnn1-c1cccc(NS(=O)(=O)c2ccc(OCC3CCCCC3)cc2)c1. The molecule has 30 heavy (non-hydrogen) atoms. The van der Waals surface area contributed by atoms with Crippen LogP contribution in [-0.4, -0.2) is 35.2 Å². The fourth-order valence-corrected chi connectivity index (χ4v) is 4.72. The van der Waals surface area contributed by atoms with Gasteiger partial charge in [-0.2, -0.15) is 4.68 Å². The van der Waals surface area contributed by atoms with Gasteiger partial charge in [0.2, 0.25) is 0 Å². The normalized spacial score (nSPS) is 15.1. The molecule has 1 fully saturated rings. The van der Waals surface area contributed by atoms with Gasteiger partial charge in [-0.1, -0.05) is 25.3 Å². The van der Waals surface area contributed by atoms with Crippen LogP contribution < -0.4 is 9.46 Å². The van der Waals surface area contributed by atoms with Gasteiger partial charge in [-0.05, 0) is 78.6 Å². The molecule has 1 N–H and O–H groups in total. The second kappa shape index (κ2) is 8.83. The molecule has 1 aromatic heterocycles. The van der Waals surface area contributed by atoms with Gasteiger partial charge in [-0.3, -0.25) is 4.72 Å². The lowest BCUT2D eigenvalue weighted by molar-refractivity contribution is 0.209. The molecule has 0 spiro atoms. The van der Waals surface area contributed by atoms with E-state index in [0.717, 1.165) is 0 Å². The van der Waals surface area contributed by atoms with Crippen LogP contribution in [0.3, 0.4) is 0 Å². The summed E-state index contributed by atoms with van der Waals surface area (Å²) in [5.41, 5.74) is 1.10. The maximum absolute atomic E-state index is 12.8. The number of nitrogens with zero attached hydrogens (tertiary/aromatic N) is 4. The molecule has 0 unspecified atom stereocenters. The van der Waals surface area contributed by atoms with Gasteiger partial charge >= 0.3 is 0 Å². The third-order valence-corrected chi connectivity index (χ3v) is 6.71. The molecule has 1 saturated carbocycles. The fourth-order valence-electron chi connectivity index (χ4n) is 3.67. The first kappa shape index (κ1) is 20.3. The van der Waals surface area contributed by atoms with E-state index in [9.17, 15) is 8.42 Å². The van der Waals surface area contributed by atoms with E-state index in [4.69, 9.17) is 4.74 Å². The van der Waals surface area contributed by atoms with E-state index in [1.165, 1.54) is 36.8 Å². The van der Waals surface area contributed by atoms with Crippen molar-refractivity contribution in [2.45, 2.75) is 43.9 Å². The highest BCUT2D eigenvalue weighted by atomic mass is 32.2. The first-order chi connectivity index (χ1) is 14.5. The highest BCUT2D eigenvalue weighted by Crippen LogP contribution is 2.25. The number of tetrazole rings is 1. The van der Waals surface area contributed by atoms with Crippen molar-refractivity contribution >= 4 is 15.7 Å². The Morgan fingerprint density at radius 3 is 2.57 bits per heavy atom. The summed E-state index contributed by atoms with van der Waals surface area (Å²) >= 11 is 0. The number of aryl methyl sites for hydroxylation is 1. The fraction of sp³-hybridized carbons (Fsp3) is 0.381. The van der Waals surface area contributed by atoms with Crippen LogP contribution in [0, 0.1) is 12.8 Å². The average molecular weight is 428 g/mol. The van der Waals surface area contributed by atoms with Crippen LogP contribution in [0.4, 0.5) is 5.69 Å². The molecule has 0 saturated heterocycles. The minimum absolute atomic E-state index is 0.177. The Morgan fingerprint density at radius 2 is 1.87 bits per heavy atom. The molecule has 1 aliphatic rings.